The van der Waals surface area contributed by atoms with Crippen LogP contribution in [0.25, 0.3) is 6.08 Å². The first-order valence-electron chi connectivity index (χ1n) is 13.7. The number of carbonyl (C=O) groups is 1. The second-order valence-electron chi connectivity index (χ2n) is 10.1. The molecule has 222 valence electrons. The number of thiazole rings is 1. The zero-order valence-corrected chi connectivity index (χ0v) is 27.6. The van der Waals surface area contributed by atoms with E-state index in [2.05, 4.69) is 27.6 Å². The molecule has 3 aromatic carbocycles. The van der Waals surface area contributed by atoms with Gasteiger partial charge in [-0.1, -0.05) is 29.5 Å². The molecule has 0 N–H and O–H groups in total. The van der Waals surface area contributed by atoms with Crippen molar-refractivity contribution in [2.24, 2.45) is 4.99 Å². The normalized spacial score (nSPS) is 14.7. The van der Waals surface area contributed by atoms with Gasteiger partial charge >= 0.3 is 5.97 Å². The van der Waals surface area contributed by atoms with Gasteiger partial charge in [-0.05, 0) is 102 Å². The van der Waals surface area contributed by atoms with E-state index in [-0.39, 0.29) is 12.2 Å². The van der Waals surface area contributed by atoms with Crippen LogP contribution in [0.15, 0.2) is 87.8 Å². The molecule has 0 radical (unpaired) electrons. The molecule has 0 aliphatic carbocycles. The molecule has 0 spiro atoms. The van der Waals surface area contributed by atoms with Gasteiger partial charge in [0.1, 0.15) is 18.1 Å². The summed E-state index contributed by atoms with van der Waals surface area (Å²) in [6, 6.07) is 20.7. The molecule has 8 nitrogen and oxygen atoms in total. The Labute approximate surface area is 267 Å². The molecule has 4 aromatic rings. The largest absolute Gasteiger partial charge is 0.496 e. The van der Waals surface area contributed by atoms with Crippen LogP contribution in [0, 0.1) is 3.57 Å². The third-order valence-electron chi connectivity index (χ3n) is 7.05. The third kappa shape index (κ3) is 6.54. The van der Waals surface area contributed by atoms with Crippen LogP contribution >= 0.6 is 33.9 Å². The molecule has 1 aromatic heterocycles. The summed E-state index contributed by atoms with van der Waals surface area (Å²) in [6.45, 7) is 4.07. The number of hydrogen-bond acceptors (Lipinski definition) is 8. The Kier molecular flexibility index (Phi) is 9.36. The zero-order valence-electron chi connectivity index (χ0n) is 24.6. The molecule has 10 heteroatoms. The van der Waals surface area contributed by atoms with Gasteiger partial charge in [0.25, 0.3) is 5.56 Å². The highest BCUT2D eigenvalue weighted by molar-refractivity contribution is 14.1. The molecule has 1 aliphatic rings. The molecule has 1 atom stereocenters. The highest BCUT2D eigenvalue weighted by Crippen LogP contribution is 2.32. The van der Waals surface area contributed by atoms with Crippen molar-refractivity contribution in [3.05, 3.63) is 118 Å². The monoisotopic (exact) mass is 709 g/mol. The number of methoxy groups -OCH3 is 1. The van der Waals surface area contributed by atoms with E-state index in [0.29, 0.717) is 33.0 Å². The minimum atomic E-state index is -0.664. The smallest absolute Gasteiger partial charge is 0.338 e. The number of benzene rings is 3. The SMILES string of the molecule is CCOC(=O)C1=C(C)N=c2s/c(=C\c3ccc(OC)c(COc4ccc(I)cc4)c3)c(=O)n2[C@@H]1c1ccc(N(C)C)cc1. The van der Waals surface area contributed by atoms with Crippen LogP contribution in [-0.2, 0) is 16.1 Å². The number of esters is 1. The third-order valence-corrected chi connectivity index (χ3v) is 8.75. The molecule has 0 amide bonds. The van der Waals surface area contributed by atoms with Gasteiger partial charge < -0.3 is 19.1 Å². The van der Waals surface area contributed by atoms with Crippen LogP contribution in [-0.4, -0.2) is 38.3 Å². The van der Waals surface area contributed by atoms with Crippen LogP contribution < -0.4 is 29.3 Å². The molecule has 0 saturated carbocycles. The number of ether oxygens (including phenoxy) is 3. The van der Waals surface area contributed by atoms with E-state index in [1.807, 2.05) is 91.8 Å². The fourth-order valence-corrected chi connectivity index (χ4v) is 6.31. The van der Waals surface area contributed by atoms with E-state index >= 15 is 0 Å². The highest BCUT2D eigenvalue weighted by atomic mass is 127. The summed E-state index contributed by atoms with van der Waals surface area (Å²) in [5.41, 5.74) is 4.14. The van der Waals surface area contributed by atoms with E-state index in [1.54, 1.807) is 25.5 Å². The van der Waals surface area contributed by atoms with Crippen molar-refractivity contribution in [1.29, 1.82) is 0 Å². The highest BCUT2D eigenvalue weighted by Gasteiger charge is 2.33. The molecular weight excluding hydrogens is 677 g/mol. The molecule has 2 heterocycles. The summed E-state index contributed by atoms with van der Waals surface area (Å²) in [4.78, 5) is 34.4. The van der Waals surface area contributed by atoms with Crippen molar-refractivity contribution in [2.45, 2.75) is 26.5 Å². The fourth-order valence-electron chi connectivity index (χ4n) is 4.91. The Morgan fingerprint density at radius 2 is 1.81 bits per heavy atom. The van der Waals surface area contributed by atoms with E-state index in [4.69, 9.17) is 14.2 Å². The number of aromatic nitrogens is 1. The predicted octanol–water partition coefficient (Wildman–Crippen LogP) is 5.06. The quantitative estimate of drug-likeness (QED) is 0.179. The summed E-state index contributed by atoms with van der Waals surface area (Å²) in [6.07, 6.45) is 1.84. The molecule has 43 heavy (non-hydrogen) atoms. The maximum absolute atomic E-state index is 14.0. The van der Waals surface area contributed by atoms with Crippen LogP contribution in [0.4, 0.5) is 5.69 Å². The van der Waals surface area contributed by atoms with Crippen molar-refractivity contribution < 1.29 is 19.0 Å². The molecule has 0 fully saturated rings. The molecule has 5 rings (SSSR count). The standard InChI is InChI=1S/C33H32IN3O5S/c1-6-41-32(39)29-20(2)35-33-37(30(29)22-8-12-25(13-9-22)36(3)4)31(38)28(43-33)18-21-7-16-27(40-5)23(17-21)19-42-26-14-10-24(34)11-15-26/h7-18,30H,6,19H2,1-5H3/b28-18-/t30-/m1/s1. The summed E-state index contributed by atoms with van der Waals surface area (Å²) in [5.74, 6) is 0.972. The second kappa shape index (κ2) is 13.2. The summed E-state index contributed by atoms with van der Waals surface area (Å²) >= 11 is 3.55. The first kappa shape index (κ1) is 30.6. The number of nitrogens with zero attached hydrogens (tertiary/aromatic N) is 3. The molecule has 0 bridgehead atoms. The number of fused-ring (bicyclic) bond motifs is 1. The molecular formula is C33H32IN3O5S. The number of halogens is 1. The van der Waals surface area contributed by atoms with Crippen molar-refractivity contribution in [1.82, 2.24) is 4.57 Å². The Hall–Kier alpha value is -3.90. The number of hydrogen-bond donors (Lipinski definition) is 0. The number of anilines is 1. The molecule has 1 aliphatic heterocycles. The van der Waals surface area contributed by atoms with Gasteiger partial charge in [-0.2, -0.15) is 0 Å². The van der Waals surface area contributed by atoms with E-state index in [1.165, 1.54) is 11.3 Å². The van der Waals surface area contributed by atoms with Crippen molar-refractivity contribution in [3.63, 3.8) is 0 Å². The number of allylic oxidation sites excluding steroid dienone is 1. The van der Waals surface area contributed by atoms with Gasteiger partial charge in [0.05, 0.1) is 35.6 Å². The first-order valence-corrected chi connectivity index (χ1v) is 15.6. The van der Waals surface area contributed by atoms with E-state index < -0.39 is 12.0 Å². The Morgan fingerprint density at radius 1 is 1.09 bits per heavy atom. The van der Waals surface area contributed by atoms with Crippen LogP contribution in [0.3, 0.4) is 0 Å². The van der Waals surface area contributed by atoms with Gasteiger partial charge in [-0.3, -0.25) is 9.36 Å². The van der Waals surface area contributed by atoms with Gasteiger partial charge in [0.2, 0.25) is 0 Å². The summed E-state index contributed by atoms with van der Waals surface area (Å²) in [7, 11) is 5.55. The van der Waals surface area contributed by atoms with Gasteiger partial charge in [-0.25, -0.2) is 9.79 Å². The van der Waals surface area contributed by atoms with Gasteiger partial charge in [-0.15, -0.1) is 0 Å². The van der Waals surface area contributed by atoms with Gasteiger partial charge in [0, 0.05) is 28.9 Å². The van der Waals surface area contributed by atoms with E-state index in [0.717, 1.165) is 31.7 Å². The Morgan fingerprint density at radius 3 is 2.47 bits per heavy atom. The predicted molar refractivity (Wildman–Crippen MR) is 178 cm³/mol. The van der Waals surface area contributed by atoms with Crippen LogP contribution in [0.1, 0.15) is 36.6 Å². The fraction of sp³-hybridized carbons (Fsp3) is 0.242. The lowest BCUT2D eigenvalue weighted by Crippen LogP contribution is -2.39. The summed E-state index contributed by atoms with van der Waals surface area (Å²) < 4.78 is 20.2. The van der Waals surface area contributed by atoms with Gasteiger partial charge in [0.15, 0.2) is 4.80 Å². The number of carbonyl (C=O) groups excluding carboxylic acids is 1. The minimum Gasteiger partial charge on any atom is -0.496 e. The number of rotatable bonds is 9. The molecule has 0 saturated heterocycles. The second-order valence-corrected chi connectivity index (χ2v) is 12.4. The topological polar surface area (TPSA) is 82.4 Å². The Bertz CT molecular complexity index is 1860. The first-order chi connectivity index (χ1) is 20.7. The van der Waals surface area contributed by atoms with Crippen molar-refractivity contribution in [2.75, 3.05) is 32.7 Å². The van der Waals surface area contributed by atoms with Crippen LogP contribution in [0.2, 0.25) is 0 Å². The summed E-state index contributed by atoms with van der Waals surface area (Å²) in [5, 5.41) is 0. The molecule has 0 unspecified atom stereocenters. The minimum absolute atomic E-state index is 0.222. The lowest BCUT2D eigenvalue weighted by Gasteiger charge is -2.25. The average Bonchev–Trinajstić information content (AvgIpc) is 3.30. The van der Waals surface area contributed by atoms with Crippen molar-refractivity contribution >= 4 is 51.7 Å². The van der Waals surface area contributed by atoms with E-state index in [9.17, 15) is 9.59 Å². The zero-order chi connectivity index (χ0) is 30.7. The van der Waals surface area contributed by atoms with Crippen LogP contribution in [0.5, 0.6) is 11.5 Å². The Balaban J connectivity index is 1.57. The average molecular weight is 710 g/mol. The lowest BCUT2D eigenvalue weighted by atomic mass is 9.95. The lowest BCUT2D eigenvalue weighted by molar-refractivity contribution is -0.139. The maximum Gasteiger partial charge on any atom is 0.338 e. The maximum atomic E-state index is 14.0. The van der Waals surface area contributed by atoms with Crippen molar-refractivity contribution in [3.8, 4) is 11.5 Å².